The van der Waals surface area contributed by atoms with Crippen molar-refractivity contribution < 1.29 is 27.4 Å². The molecule has 0 saturated heterocycles. The highest BCUT2D eigenvalue weighted by molar-refractivity contribution is 5.87. The highest BCUT2D eigenvalue weighted by atomic mass is 19.4. The predicted octanol–water partition coefficient (Wildman–Crippen LogP) is 3.57. The summed E-state index contributed by atoms with van der Waals surface area (Å²) in [4.78, 5) is 15.8. The van der Waals surface area contributed by atoms with Crippen LogP contribution >= 0.6 is 0 Å². The van der Waals surface area contributed by atoms with Crippen LogP contribution in [0.4, 0.5) is 13.2 Å². The molecule has 8 heteroatoms. The van der Waals surface area contributed by atoms with Crippen LogP contribution in [0, 0.1) is 0 Å². The molecule has 0 N–H and O–H groups in total. The number of imidazole rings is 1. The van der Waals surface area contributed by atoms with Crippen LogP contribution in [-0.4, -0.2) is 28.5 Å². The second-order valence-corrected chi connectivity index (χ2v) is 4.67. The minimum absolute atomic E-state index is 0.154. The molecule has 0 amide bonds. The van der Waals surface area contributed by atoms with Crippen LogP contribution in [0.1, 0.15) is 35.9 Å². The van der Waals surface area contributed by atoms with E-state index >= 15 is 0 Å². The fourth-order valence-electron chi connectivity index (χ4n) is 2.17. The van der Waals surface area contributed by atoms with Gasteiger partial charge in [0.05, 0.1) is 25.2 Å². The van der Waals surface area contributed by atoms with Crippen LogP contribution in [0.25, 0.3) is 0 Å². The van der Waals surface area contributed by atoms with E-state index in [1.165, 1.54) is 35.3 Å². The molecule has 0 aliphatic carbocycles. The summed E-state index contributed by atoms with van der Waals surface area (Å²) in [5.41, 5.74) is 0.425. The van der Waals surface area contributed by atoms with E-state index in [4.69, 9.17) is 4.74 Å². The first kappa shape index (κ1) is 16.9. The van der Waals surface area contributed by atoms with Gasteiger partial charge >= 0.3 is 12.3 Å². The first-order valence-corrected chi connectivity index (χ1v) is 6.87. The van der Waals surface area contributed by atoms with Gasteiger partial charge in [0, 0.05) is 5.56 Å². The Kier molecular flexibility index (Phi) is 4.92. The van der Waals surface area contributed by atoms with E-state index in [1.54, 1.807) is 19.9 Å². The van der Waals surface area contributed by atoms with E-state index in [-0.39, 0.29) is 23.6 Å². The number of hydrogen-bond acceptors (Lipinski definition) is 4. The molecule has 0 fully saturated rings. The monoisotopic (exact) mass is 328 g/mol. The molecule has 2 rings (SSSR count). The third-order valence-electron chi connectivity index (χ3n) is 3.16. The van der Waals surface area contributed by atoms with Crippen LogP contribution in [0.3, 0.4) is 0 Å². The number of alkyl halides is 3. The second kappa shape index (κ2) is 6.72. The first-order valence-electron chi connectivity index (χ1n) is 6.87. The largest absolute Gasteiger partial charge is 0.573 e. The van der Waals surface area contributed by atoms with Crippen LogP contribution in [-0.2, 0) is 4.74 Å². The third-order valence-corrected chi connectivity index (χ3v) is 3.16. The van der Waals surface area contributed by atoms with Crippen molar-refractivity contribution in [3.05, 3.63) is 48.0 Å². The molecule has 0 aliphatic rings. The number of esters is 1. The standard InChI is InChI=1S/C15H15F3N2O3/c1-3-22-14(21)12-8-19-9-20(12)10(2)11-6-4-5-7-13(11)23-15(16,17)18/h4-10H,3H2,1-2H3. The molecule has 0 saturated carbocycles. The average Bonchev–Trinajstić information content (AvgIpc) is 2.95. The number of para-hydroxylation sites is 1. The second-order valence-electron chi connectivity index (χ2n) is 4.67. The summed E-state index contributed by atoms with van der Waals surface area (Å²) in [6, 6.07) is 5.16. The summed E-state index contributed by atoms with van der Waals surface area (Å²) in [7, 11) is 0. The minimum Gasteiger partial charge on any atom is -0.461 e. The van der Waals surface area contributed by atoms with Crippen molar-refractivity contribution in [2.45, 2.75) is 26.3 Å². The molecule has 1 atom stereocenters. The topological polar surface area (TPSA) is 53.3 Å². The molecule has 5 nitrogen and oxygen atoms in total. The molecule has 0 radical (unpaired) electrons. The molecule has 2 aromatic rings. The van der Waals surface area contributed by atoms with Crippen molar-refractivity contribution >= 4 is 5.97 Å². The maximum atomic E-state index is 12.5. The predicted molar refractivity (Wildman–Crippen MR) is 75.1 cm³/mol. The van der Waals surface area contributed by atoms with E-state index in [0.29, 0.717) is 0 Å². The van der Waals surface area contributed by atoms with Crippen molar-refractivity contribution in [2.24, 2.45) is 0 Å². The van der Waals surface area contributed by atoms with E-state index in [9.17, 15) is 18.0 Å². The Morgan fingerprint density at radius 2 is 2.04 bits per heavy atom. The third kappa shape index (κ3) is 4.02. The van der Waals surface area contributed by atoms with Crippen LogP contribution < -0.4 is 4.74 Å². The summed E-state index contributed by atoms with van der Waals surface area (Å²) < 4.78 is 48.0. The van der Waals surface area contributed by atoms with Gasteiger partial charge in [0.1, 0.15) is 11.4 Å². The summed E-state index contributed by atoms with van der Waals surface area (Å²) >= 11 is 0. The van der Waals surface area contributed by atoms with Crippen LogP contribution in [0.2, 0.25) is 0 Å². The van der Waals surface area contributed by atoms with Gasteiger partial charge in [-0.2, -0.15) is 0 Å². The molecule has 1 heterocycles. The summed E-state index contributed by atoms with van der Waals surface area (Å²) in [6.45, 7) is 3.49. The quantitative estimate of drug-likeness (QED) is 0.788. The molecule has 0 spiro atoms. The summed E-state index contributed by atoms with van der Waals surface area (Å²) in [6.07, 6.45) is -2.13. The van der Waals surface area contributed by atoms with Crippen molar-refractivity contribution in [3.63, 3.8) is 0 Å². The molecule has 1 aromatic carbocycles. The Hall–Kier alpha value is -2.51. The lowest BCUT2D eigenvalue weighted by Gasteiger charge is -2.20. The fourth-order valence-corrected chi connectivity index (χ4v) is 2.17. The Balaban J connectivity index is 2.37. The van der Waals surface area contributed by atoms with Crippen molar-refractivity contribution in [3.8, 4) is 5.75 Å². The number of rotatable bonds is 5. The van der Waals surface area contributed by atoms with Gasteiger partial charge < -0.3 is 14.0 Å². The zero-order valence-corrected chi connectivity index (χ0v) is 12.5. The SMILES string of the molecule is CCOC(=O)c1cncn1C(C)c1ccccc1OC(F)(F)F. The number of halogens is 3. The number of aromatic nitrogens is 2. The zero-order chi connectivity index (χ0) is 17.0. The summed E-state index contributed by atoms with van der Waals surface area (Å²) in [5.74, 6) is -0.915. The molecular weight excluding hydrogens is 313 g/mol. The lowest BCUT2D eigenvalue weighted by molar-refractivity contribution is -0.275. The van der Waals surface area contributed by atoms with Crippen LogP contribution in [0.5, 0.6) is 5.75 Å². The van der Waals surface area contributed by atoms with Gasteiger partial charge in [0.15, 0.2) is 0 Å². The van der Waals surface area contributed by atoms with Gasteiger partial charge in [-0.25, -0.2) is 9.78 Å². The van der Waals surface area contributed by atoms with E-state index in [2.05, 4.69) is 9.72 Å². The van der Waals surface area contributed by atoms with E-state index in [1.807, 2.05) is 0 Å². The van der Waals surface area contributed by atoms with Gasteiger partial charge in [0.2, 0.25) is 0 Å². The number of ether oxygens (including phenoxy) is 2. The highest BCUT2D eigenvalue weighted by Crippen LogP contribution is 2.32. The normalized spacial score (nSPS) is 12.7. The average molecular weight is 328 g/mol. The van der Waals surface area contributed by atoms with Gasteiger partial charge in [0.25, 0.3) is 0 Å². The van der Waals surface area contributed by atoms with Crippen molar-refractivity contribution in [1.82, 2.24) is 9.55 Å². The van der Waals surface area contributed by atoms with E-state index in [0.717, 1.165) is 0 Å². The number of benzene rings is 1. The van der Waals surface area contributed by atoms with Gasteiger partial charge in [-0.3, -0.25) is 0 Å². The molecular formula is C15H15F3N2O3. The van der Waals surface area contributed by atoms with Gasteiger partial charge in [-0.05, 0) is 19.9 Å². The molecule has 1 aromatic heterocycles. The maximum Gasteiger partial charge on any atom is 0.573 e. The van der Waals surface area contributed by atoms with Crippen molar-refractivity contribution in [2.75, 3.05) is 6.61 Å². The fraction of sp³-hybridized carbons (Fsp3) is 0.333. The highest BCUT2D eigenvalue weighted by Gasteiger charge is 2.33. The van der Waals surface area contributed by atoms with Gasteiger partial charge in [-0.15, -0.1) is 13.2 Å². The smallest absolute Gasteiger partial charge is 0.461 e. The van der Waals surface area contributed by atoms with E-state index < -0.39 is 18.4 Å². The number of carbonyl (C=O) groups is 1. The molecule has 1 unspecified atom stereocenters. The summed E-state index contributed by atoms with van der Waals surface area (Å²) in [5, 5.41) is 0. The Morgan fingerprint density at radius 1 is 1.35 bits per heavy atom. The number of hydrogen-bond donors (Lipinski definition) is 0. The zero-order valence-electron chi connectivity index (χ0n) is 12.5. The molecule has 0 aliphatic heterocycles. The Bertz CT molecular complexity index is 683. The first-order chi connectivity index (χ1) is 10.8. The lowest BCUT2D eigenvalue weighted by Crippen LogP contribution is -2.20. The van der Waals surface area contributed by atoms with Crippen molar-refractivity contribution in [1.29, 1.82) is 0 Å². The molecule has 23 heavy (non-hydrogen) atoms. The number of carbonyl (C=O) groups excluding carboxylic acids is 1. The maximum absolute atomic E-state index is 12.5. The Morgan fingerprint density at radius 3 is 2.70 bits per heavy atom. The van der Waals surface area contributed by atoms with Crippen LogP contribution in [0.15, 0.2) is 36.8 Å². The number of nitrogens with zero attached hydrogens (tertiary/aromatic N) is 2. The minimum atomic E-state index is -4.80. The molecule has 0 bridgehead atoms. The van der Waals surface area contributed by atoms with Gasteiger partial charge in [-0.1, -0.05) is 18.2 Å². The Labute approximate surface area is 130 Å². The molecule has 124 valence electrons. The lowest BCUT2D eigenvalue weighted by atomic mass is 10.1.